The standard InChI is InChI=1S/C14H19FO/c1-5-9(2)6-13(16)12-7-10(3)14(15)11(4)8-12/h7-9H,5-6H2,1-4H3. The summed E-state index contributed by atoms with van der Waals surface area (Å²) in [5, 5.41) is 0. The minimum Gasteiger partial charge on any atom is -0.294 e. The van der Waals surface area contributed by atoms with Gasteiger partial charge in [0, 0.05) is 12.0 Å². The largest absolute Gasteiger partial charge is 0.294 e. The summed E-state index contributed by atoms with van der Waals surface area (Å²) in [5.41, 5.74) is 1.73. The summed E-state index contributed by atoms with van der Waals surface area (Å²) in [6, 6.07) is 3.29. The van der Waals surface area contributed by atoms with E-state index in [9.17, 15) is 9.18 Å². The Bertz CT molecular complexity index is 373. The van der Waals surface area contributed by atoms with Gasteiger partial charge in [-0.3, -0.25) is 4.79 Å². The zero-order valence-electron chi connectivity index (χ0n) is 10.4. The van der Waals surface area contributed by atoms with E-state index in [1.165, 1.54) is 0 Å². The van der Waals surface area contributed by atoms with Gasteiger partial charge < -0.3 is 0 Å². The van der Waals surface area contributed by atoms with Gasteiger partial charge in [-0.2, -0.15) is 0 Å². The SMILES string of the molecule is CCC(C)CC(=O)c1cc(C)c(F)c(C)c1. The molecule has 0 aliphatic rings. The molecule has 1 aromatic carbocycles. The van der Waals surface area contributed by atoms with Crippen LogP contribution in [0.1, 0.15) is 48.2 Å². The molecule has 16 heavy (non-hydrogen) atoms. The van der Waals surface area contributed by atoms with Crippen molar-refractivity contribution >= 4 is 5.78 Å². The number of Topliss-reactive ketones (excluding diaryl/α,β-unsaturated/α-hetero) is 1. The van der Waals surface area contributed by atoms with Crippen molar-refractivity contribution in [2.75, 3.05) is 0 Å². The Morgan fingerprint density at radius 1 is 1.31 bits per heavy atom. The fraction of sp³-hybridized carbons (Fsp3) is 0.500. The van der Waals surface area contributed by atoms with Crippen molar-refractivity contribution in [3.63, 3.8) is 0 Å². The van der Waals surface area contributed by atoms with Crippen molar-refractivity contribution in [2.24, 2.45) is 5.92 Å². The summed E-state index contributed by atoms with van der Waals surface area (Å²) in [5.74, 6) is 0.291. The third-order valence-corrected chi connectivity index (χ3v) is 2.99. The second-order valence-electron chi connectivity index (χ2n) is 4.56. The molecule has 0 amide bonds. The molecule has 1 aromatic rings. The summed E-state index contributed by atoms with van der Waals surface area (Å²) < 4.78 is 13.4. The molecule has 0 saturated heterocycles. The second kappa shape index (κ2) is 5.24. The number of carbonyl (C=O) groups is 1. The molecule has 0 aromatic heterocycles. The lowest BCUT2D eigenvalue weighted by Crippen LogP contribution is -2.06. The van der Waals surface area contributed by atoms with Crippen LogP contribution in [-0.2, 0) is 0 Å². The predicted octanol–water partition coefficient (Wildman–Crippen LogP) is 4.06. The zero-order chi connectivity index (χ0) is 12.3. The number of aryl methyl sites for hydroxylation is 2. The van der Waals surface area contributed by atoms with Crippen LogP contribution in [0.3, 0.4) is 0 Å². The maximum Gasteiger partial charge on any atom is 0.163 e. The predicted molar refractivity (Wildman–Crippen MR) is 64.3 cm³/mol. The fourth-order valence-corrected chi connectivity index (χ4v) is 1.69. The van der Waals surface area contributed by atoms with E-state index in [1.54, 1.807) is 26.0 Å². The molecule has 0 aliphatic heterocycles. The van der Waals surface area contributed by atoms with E-state index in [0.29, 0.717) is 29.0 Å². The summed E-state index contributed by atoms with van der Waals surface area (Å²) in [4.78, 5) is 11.9. The summed E-state index contributed by atoms with van der Waals surface area (Å²) in [7, 11) is 0. The minimum absolute atomic E-state index is 0.112. The van der Waals surface area contributed by atoms with E-state index < -0.39 is 0 Å². The van der Waals surface area contributed by atoms with Gasteiger partial charge in [0.05, 0.1) is 0 Å². The van der Waals surface area contributed by atoms with Crippen LogP contribution in [0.15, 0.2) is 12.1 Å². The molecule has 1 rings (SSSR count). The van der Waals surface area contributed by atoms with Gasteiger partial charge in [0.1, 0.15) is 5.82 Å². The van der Waals surface area contributed by atoms with Crippen LogP contribution in [0.25, 0.3) is 0 Å². The van der Waals surface area contributed by atoms with E-state index in [0.717, 1.165) is 6.42 Å². The van der Waals surface area contributed by atoms with Crippen LogP contribution < -0.4 is 0 Å². The highest BCUT2D eigenvalue weighted by Crippen LogP contribution is 2.18. The van der Waals surface area contributed by atoms with E-state index in [2.05, 4.69) is 13.8 Å². The Morgan fingerprint density at radius 3 is 2.25 bits per heavy atom. The molecule has 0 bridgehead atoms. The van der Waals surface area contributed by atoms with Gasteiger partial charge in [-0.15, -0.1) is 0 Å². The molecule has 0 saturated carbocycles. The first-order valence-corrected chi connectivity index (χ1v) is 5.75. The summed E-state index contributed by atoms with van der Waals surface area (Å²) >= 11 is 0. The Morgan fingerprint density at radius 2 is 1.81 bits per heavy atom. The third-order valence-electron chi connectivity index (χ3n) is 2.99. The van der Waals surface area contributed by atoms with Gasteiger partial charge in [0.2, 0.25) is 0 Å². The van der Waals surface area contributed by atoms with Crippen LogP contribution in [0.5, 0.6) is 0 Å². The molecule has 0 heterocycles. The first kappa shape index (κ1) is 12.9. The summed E-state index contributed by atoms with van der Waals surface area (Å²) in [6.45, 7) is 7.52. The van der Waals surface area contributed by atoms with Crippen molar-refractivity contribution in [1.82, 2.24) is 0 Å². The molecule has 88 valence electrons. The highest BCUT2D eigenvalue weighted by Gasteiger charge is 2.12. The number of hydrogen-bond donors (Lipinski definition) is 0. The van der Waals surface area contributed by atoms with Crippen LogP contribution in [0.2, 0.25) is 0 Å². The lowest BCUT2D eigenvalue weighted by atomic mass is 9.95. The van der Waals surface area contributed by atoms with E-state index in [4.69, 9.17) is 0 Å². The van der Waals surface area contributed by atoms with Crippen molar-refractivity contribution in [1.29, 1.82) is 0 Å². The van der Waals surface area contributed by atoms with E-state index >= 15 is 0 Å². The fourth-order valence-electron chi connectivity index (χ4n) is 1.69. The smallest absolute Gasteiger partial charge is 0.163 e. The molecule has 1 unspecified atom stereocenters. The maximum atomic E-state index is 13.4. The minimum atomic E-state index is -0.208. The maximum absolute atomic E-state index is 13.4. The lowest BCUT2D eigenvalue weighted by Gasteiger charge is -2.09. The normalized spacial score (nSPS) is 12.6. The van der Waals surface area contributed by atoms with Gasteiger partial charge >= 0.3 is 0 Å². The Labute approximate surface area is 96.7 Å². The highest BCUT2D eigenvalue weighted by atomic mass is 19.1. The molecular formula is C14H19FO. The van der Waals surface area contributed by atoms with E-state index in [-0.39, 0.29) is 11.6 Å². The van der Waals surface area contributed by atoms with Gasteiger partial charge in [-0.05, 0) is 43.0 Å². The number of carbonyl (C=O) groups excluding carboxylic acids is 1. The average molecular weight is 222 g/mol. The molecule has 0 radical (unpaired) electrons. The van der Waals surface area contributed by atoms with Crippen molar-refractivity contribution in [3.05, 3.63) is 34.6 Å². The molecule has 0 spiro atoms. The molecule has 0 N–H and O–H groups in total. The lowest BCUT2D eigenvalue weighted by molar-refractivity contribution is 0.0963. The topological polar surface area (TPSA) is 17.1 Å². The number of hydrogen-bond acceptors (Lipinski definition) is 1. The van der Waals surface area contributed by atoms with Gasteiger partial charge in [0.25, 0.3) is 0 Å². The molecule has 1 atom stereocenters. The molecular weight excluding hydrogens is 203 g/mol. The molecule has 1 nitrogen and oxygen atoms in total. The van der Waals surface area contributed by atoms with Crippen molar-refractivity contribution in [2.45, 2.75) is 40.5 Å². The quantitative estimate of drug-likeness (QED) is 0.702. The van der Waals surface area contributed by atoms with Crippen molar-refractivity contribution in [3.8, 4) is 0 Å². The van der Waals surface area contributed by atoms with Gasteiger partial charge in [0.15, 0.2) is 5.78 Å². The third kappa shape index (κ3) is 2.91. The number of rotatable bonds is 4. The molecule has 2 heteroatoms. The van der Waals surface area contributed by atoms with Crippen LogP contribution in [0.4, 0.5) is 4.39 Å². The number of ketones is 1. The Balaban J connectivity index is 2.93. The van der Waals surface area contributed by atoms with Gasteiger partial charge in [-0.1, -0.05) is 20.3 Å². The Kier molecular flexibility index (Phi) is 4.22. The van der Waals surface area contributed by atoms with Crippen LogP contribution >= 0.6 is 0 Å². The Hall–Kier alpha value is -1.18. The first-order valence-electron chi connectivity index (χ1n) is 5.75. The first-order chi connectivity index (χ1) is 7.45. The number of benzene rings is 1. The zero-order valence-corrected chi connectivity index (χ0v) is 10.4. The highest BCUT2D eigenvalue weighted by molar-refractivity contribution is 5.96. The summed E-state index contributed by atoms with van der Waals surface area (Å²) in [6.07, 6.45) is 1.53. The second-order valence-corrected chi connectivity index (χ2v) is 4.56. The molecule has 0 fully saturated rings. The monoisotopic (exact) mass is 222 g/mol. The van der Waals surface area contributed by atoms with Crippen LogP contribution in [0, 0.1) is 25.6 Å². The number of halogens is 1. The van der Waals surface area contributed by atoms with E-state index in [1.807, 2.05) is 0 Å². The molecule has 0 aliphatic carbocycles. The van der Waals surface area contributed by atoms with Gasteiger partial charge in [-0.25, -0.2) is 4.39 Å². The van der Waals surface area contributed by atoms with Crippen molar-refractivity contribution < 1.29 is 9.18 Å². The van der Waals surface area contributed by atoms with Crippen LogP contribution in [-0.4, -0.2) is 5.78 Å². The average Bonchev–Trinajstić information content (AvgIpc) is 2.24.